The molecule has 3 aromatic carbocycles. The first-order chi connectivity index (χ1) is 16.3. The van der Waals surface area contributed by atoms with Crippen molar-refractivity contribution in [3.63, 3.8) is 0 Å². The van der Waals surface area contributed by atoms with E-state index in [4.69, 9.17) is 4.74 Å². The monoisotopic (exact) mass is 620 g/mol. The average molecular weight is 621 g/mol. The van der Waals surface area contributed by atoms with Gasteiger partial charge in [-0.3, -0.25) is 0 Å². The van der Waals surface area contributed by atoms with Gasteiger partial charge in [-0.15, -0.1) is 18.2 Å². The summed E-state index contributed by atoms with van der Waals surface area (Å²) >= 11 is 0. The van der Waals surface area contributed by atoms with E-state index in [-0.39, 0.29) is 21.1 Å². The Kier molecular flexibility index (Phi) is 6.00. The molecule has 0 radical (unpaired) electrons. The Bertz CT molecular complexity index is 1610. The van der Waals surface area contributed by atoms with E-state index in [0.29, 0.717) is 11.6 Å². The van der Waals surface area contributed by atoms with Crippen molar-refractivity contribution in [2.24, 2.45) is 0 Å². The summed E-state index contributed by atoms with van der Waals surface area (Å²) < 4.78 is 8.06. The number of ether oxygens (including phenoxy) is 1. The predicted octanol–water partition coefficient (Wildman–Crippen LogP) is 6.94. The number of fused-ring (bicyclic) bond motifs is 3. The molecule has 0 atom stereocenters. The molecule has 0 saturated carbocycles. The number of aromatic nitrogens is 3. The Morgan fingerprint density at radius 3 is 2.44 bits per heavy atom. The Morgan fingerprint density at radius 2 is 1.59 bits per heavy atom. The van der Waals surface area contributed by atoms with Gasteiger partial charge in [-0.1, -0.05) is 29.7 Å². The van der Waals surface area contributed by atoms with Gasteiger partial charge in [0.15, 0.2) is 0 Å². The van der Waals surface area contributed by atoms with E-state index in [0.717, 1.165) is 38.9 Å². The van der Waals surface area contributed by atoms with E-state index in [1.54, 1.807) is 6.20 Å². The molecule has 34 heavy (non-hydrogen) atoms. The van der Waals surface area contributed by atoms with Gasteiger partial charge >= 0.3 is 21.1 Å². The molecule has 0 saturated heterocycles. The van der Waals surface area contributed by atoms with Gasteiger partial charge < -0.3 is 9.30 Å². The maximum Gasteiger partial charge on any atom is 2.00 e. The number of aryl methyl sites for hydroxylation is 1. The standard InChI is InChI=1S/C29H19N3O.Pt/c1-20-14-16-30-28(17-20)32-26-10-3-2-9-24(26)25-13-12-22(19-27(25)32)21-7-6-8-23(18-21)33-29-11-4-5-15-31-29;/h2-17H,1H3;/q-2;+2. The van der Waals surface area contributed by atoms with E-state index >= 15 is 0 Å². The number of pyridine rings is 2. The topological polar surface area (TPSA) is 39.9 Å². The second kappa shape index (κ2) is 9.24. The van der Waals surface area contributed by atoms with Crippen LogP contribution in [0.3, 0.4) is 0 Å². The van der Waals surface area contributed by atoms with E-state index in [2.05, 4.69) is 76.1 Å². The number of para-hydroxylation sites is 1. The molecule has 6 rings (SSSR count). The molecule has 0 unspecified atom stereocenters. The molecule has 5 heteroatoms. The van der Waals surface area contributed by atoms with Crippen LogP contribution in [0.5, 0.6) is 11.6 Å². The van der Waals surface area contributed by atoms with Crippen LogP contribution < -0.4 is 4.74 Å². The first-order valence-electron chi connectivity index (χ1n) is 10.8. The first kappa shape index (κ1) is 22.1. The minimum Gasteiger partial charge on any atom is -0.460 e. The van der Waals surface area contributed by atoms with Crippen molar-refractivity contribution < 1.29 is 25.8 Å². The van der Waals surface area contributed by atoms with Crippen LogP contribution in [0.1, 0.15) is 5.56 Å². The van der Waals surface area contributed by atoms with Crippen LogP contribution in [0.4, 0.5) is 0 Å². The normalized spacial score (nSPS) is 10.9. The summed E-state index contributed by atoms with van der Waals surface area (Å²) in [5.74, 6) is 2.03. The molecule has 0 spiro atoms. The SMILES string of the molecule is Cc1ccnc(-n2c3[c-]c(-c4[c-]c(Oc5ccccn5)ccc4)ccc3c3ccccc32)c1.[Pt+2]. The van der Waals surface area contributed by atoms with Crippen molar-refractivity contribution in [3.05, 3.63) is 115 Å². The second-order valence-corrected chi connectivity index (χ2v) is 7.88. The number of benzene rings is 3. The van der Waals surface area contributed by atoms with Crippen LogP contribution in [-0.2, 0) is 21.1 Å². The van der Waals surface area contributed by atoms with Crippen LogP contribution in [0.25, 0.3) is 38.8 Å². The van der Waals surface area contributed by atoms with Crippen molar-refractivity contribution >= 4 is 21.8 Å². The molecule has 3 aromatic heterocycles. The molecule has 166 valence electrons. The minimum absolute atomic E-state index is 0. The van der Waals surface area contributed by atoms with Gasteiger partial charge in [0.25, 0.3) is 0 Å². The Balaban J connectivity index is 0.00000241. The van der Waals surface area contributed by atoms with Crippen LogP contribution >= 0.6 is 0 Å². The van der Waals surface area contributed by atoms with E-state index < -0.39 is 0 Å². The summed E-state index contributed by atoms with van der Waals surface area (Å²) in [6, 6.07) is 35.1. The van der Waals surface area contributed by atoms with Crippen LogP contribution in [0.15, 0.2) is 97.3 Å². The van der Waals surface area contributed by atoms with Gasteiger partial charge in [0.2, 0.25) is 5.88 Å². The predicted molar refractivity (Wildman–Crippen MR) is 131 cm³/mol. The van der Waals surface area contributed by atoms with E-state index in [1.165, 1.54) is 5.39 Å². The molecule has 0 aliphatic heterocycles. The molecule has 0 fully saturated rings. The van der Waals surface area contributed by atoms with Crippen LogP contribution in [0, 0.1) is 19.1 Å². The zero-order chi connectivity index (χ0) is 22.2. The zero-order valence-corrected chi connectivity index (χ0v) is 20.6. The largest absolute Gasteiger partial charge is 2.00 e. The zero-order valence-electron chi connectivity index (χ0n) is 18.3. The molecular formula is C29H19N3OPt. The van der Waals surface area contributed by atoms with Crippen molar-refractivity contribution in [2.45, 2.75) is 6.92 Å². The fourth-order valence-corrected chi connectivity index (χ4v) is 4.11. The molecule has 4 nitrogen and oxygen atoms in total. The maximum atomic E-state index is 5.89. The fourth-order valence-electron chi connectivity index (χ4n) is 4.11. The molecule has 3 heterocycles. The molecule has 0 aliphatic rings. The second-order valence-electron chi connectivity index (χ2n) is 7.88. The summed E-state index contributed by atoms with van der Waals surface area (Å²) in [6.07, 6.45) is 3.56. The number of rotatable bonds is 4. The third-order valence-electron chi connectivity index (χ3n) is 5.62. The number of hydrogen-bond acceptors (Lipinski definition) is 3. The van der Waals surface area contributed by atoms with Gasteiger partial charge in [-0.2, -0.15) is 24.3 Å². The van der Waals surface area contributed by atoms with E-state index in [9.17, 15) is 0 Å². The smallest absolute Gasteiger partial charge is 0.460 e. The quantitative estimate of drug-likeness (QED) is 0.201. The van der Waals surface area contributed by atoms with Gasteiger partial charge in [-0.25, -0.2) is 21.1 Å². The van der Waals surface area contributed by atoms with Crippen LogP contribution in [0.2, 0.25) is 0 Å². The molecular weight excluding hydrogens is 601 g/mol. The Hall–Kier alpha value is -3.75. The summed E-state index contributed by atoms with van der Waals surface area (Å²) in [7, 11) is 0. The Morgan fingerprint density at radius 1 is 0.735 bits per heavy atom. The maximum absolute atomic E-state index is 5.89. The van der Waals surface area contributed by atoms with Crippen molar-refractivity contribution in [2.75, 3.05) is 0 Å². The van der Waals surface area contributed by atoms with Gasteiger partial charge in [-0.05, 0) is 47.7 Å². The van der Waals surface area contributed by atoms with Gasteiger partial charge in [0.1, 0.15) is 5.82 Å². The van der Waals surface area contributed by atoms with Crippen LogP contribution in [-0.4, -0.2) is 14.5 Å². The fraction of sp³-hybridized carbons (Fsp3) is 0.0345. The summed E-state index contributed by atoms with van der Waals surface area (Å²) in [5.41, 5.74) is 5.09. The summed E-state index contributed by atoms with van der Waals surface area (Å²) in [5, 5.41) is 2.31. The molecule has 0 bridgehead atoms. The van der Waals surface area contributed by atoms with Crippen molar-refractivity contribution in [3.8, 4) is 28.6 Å². The Labute approximate surface area is 212 Å². The van der Waals surface area contributed by atoms with Gasteiger partial charge in [0.05, 0.1) is 0 Å². The minimum atomic E-state index is 0. The van der Waals surface area contributed by atoms with Gasteiger partial charge in [0, 0.05) is 29.7 Å². The summed E-state index contributed by atoms with van der Waals surface area (Å²) in [4.78, 5) is 8.89. The van der Waals surface area contributed by atoms with E-state index in [1.807, 2.05) is 48.7 Å². The molecule has 0 N–H and O–H groups in total. The number of hydrogen-bond donors (Lipinski definition) is 0. The molecule has 6 aromatic rings. The number of nitrogens with zero attached hydrogens (tertiary/aromatic N) is 3. The molecule has 0 aliphatic carbocycles. The third kappa shape index (κ3) is 4.02. The van der Waals surface area contributed by atoms with Crippen molar-refractivity contribution in [1.29, 1.82) is 0 Å². The third-order valence-corrected chi connectivity index (χ3v) is 5.62. The first-order valence-corrected chi connectivity index (χ1v) is 10.8. The average Bonchev–Trinajstić information content (AvgIpc) is 3.18. The van der Waals surface area contributed by atoms with Crippen molar-refractivity contribution in [1.82, 2.24) is 14.5 Å². The molecule has 0 amide bonds. The summed E-state index contributed by atoms with van der Waals surface area (Å²) in [6.45, 7) is 2.08.